The van der Waals surface area contributed by atoms with E-state index in [0.29, 0.717) is 23.0 Å². The molecule has 0 saturated carbocycles. The monoisotopic (exact) mass is 467 g/mol. The van der Waals surface area contributed by atoms with E-state index in [1.807, 2.05) is 31.2 Å². The zero-order chi connectivity index (χ0) is 23.4. The first-order valence-corrected chi connectivity index (χ1v) is 11.2. The first-order valence-electron chi connectivity index (χ1n) is 10.3. The average Bonchev–Trinajstić information content (AvgIpc) is 3.25. The molecule has 0 spiro atoms. The van der Waals surface area contributed by atoms with Crippen LogP contribution in [0, 0.1) is 5.82 Å². The summed E-state index contributed by atoms with van der Waals surface area (Å²) in [5.41, 5.74) is 1.41. The Balaban J connectivity index is 1.63. The molecule has 0 fully saturated rings. The number of aryl methyl sites for hydroxylation is 1. The summed E-state index contributed by atoms with van der Waals surface area (Å²) in [6.45, 7) is 2.77. The van der Waals surface area contributed by atoms with Gasteiger partial charge in [-0.2, -0.15) is 5.10 Å². The Bertz CT molecular complexity index is 1350. The van der Waals surface area contributed by atoms with Crippen LogP contribution in [0.5, 0.6) is 5.75 Å². The Labute approximate surface area is 193 Å². The number of hydrogen-bond donors (Lipinski definition) is 1. The number of carbonyl (C=O) groups is 1. The van der Waals surface area contributed by atoms with Gasteiger partial charge in [0.05, 0.1) is 31.3 Å². The highest BCUT2D eigenvalue weighted by Crippen LogP contribution is 2.21. The predicted molar refractivity (Wildman–Crippen MR) is 125 cm³/mol. The van der Waals surface area contributed by atoms with E-state index in [1.165, 1.54) is 16.7 Å². The van der Waals surface area contributed by atoms with Crippen molar-refractivity contribution in [2.24, 2.45) is 0 Å². The van der Waals surface area contributed by atoms with E-state index in [0.717, 1.165) is 17.3 Å². The molecule has 33 heavy (non-hydrogen) atoms. The number of hydrogen-bond acceptors (Lipinski definition) is 6. The molecule has 4 rings (SSSR count). The number of fused-ring (bicyclic) bond motifs is 1. The number of nitrogens with zero attached hydrogens (tertiary/aromatic N) is 4. The van der Waals surface area contributed by atoms with Gasteiger partial charge in [-0.05, 0) is 36.8 Å². The van der Waals surface area contributed by atoms with Gasteiger partial charge in [-0.3, -0.25) is 18.8 Å². The van der Waals surface area contributed by atoms with Gasteiger partial charge in [-0.15, -0.1) is 0 Å². The highest BCUT2D eigenvalue weighted by molar-refractivity contribution is 7.99. The number of carbonyl (C=O) groups excluding carboxylic acids is 1. The third kappa shape index (κ3) is 5.06. The summed E-state index contributed by atoms with van der Waals surface area (Å²) in [5, 5.41) is 7.26. The normalized spacial score (nSPS) is 11.0. The fourth-order valence-electron chi connectivity index (χ4n) is 3.23. The summed E-state index contributed by atoms with van der Waals surface area (Å²) < 4.78 is 22.2. The summed E-state index contributed by atoms with van der Waals surface area (Å²) in [7, 11) is 1.59. The van der Waals surface area contributed by atoms with Crippen LogP contribution in [0.4, 0.5) is 10.1 Å². The van der Waals surface area contributed by atoms with Gasteiger partial charge in [0.15, 0.2) is 10.7 Å². The second-order valence-electron chi connectivity index (χ2n) is 7.17. The minimum absolute atomic E-state index is 0.0448. The highest BCUT2D eigenvalue weighted by Gasteiger charge is 2.17. The Morgan fingerprint density at radius 2 is 1.94 bits per heavy atom. The minimum atomic E-state index is -0.515. The topological polar surface area (TPSA) is 91.0 Å². The predicted octanol–water partition coefficient (Wildman–Crippen LogP) is 3.54. The second-order valence-corrected chi connectivity index (χ2v) is 8.11. The number of halogens is 1. The van der Waals surface area contributed by atoms with E-state index >= 15 is 0 Å². The van der Waals surface area contributed by atoms with Crippen LogP contribution in [0.3, 0.4) is 0 Å². The van der Waals surface area contributed by atoms with Crippen molar-refractivity contribution in [1.29, 1.82) is 0 Å². The number of para-hydroxylation sites is 1. The van der Waals surface area contributed by atoms with Gasteiger partial charge in [0.2, 0.25) is 5.91 Å². The maximum absolute atomic E-state index is 13.8. The van der Waals surface area contributed by atoms with Gasteiger partial charge >= 0.3 is 0 Å². The number of benzene rings is 2. The van der Waals surface area contributed by atoms with Gasteiger partial charge in [0.1, 0.15) is 17.1 Å². The van der Waals surface area contributed by atoms with E-state index < -0.39 is 11.7 Å². The van der Waals surface area contributed by atoms with Crippen molar-refractivity contribution in [2.45, 2.75) is 25.2 Å². The fourth-order valence-corrected chi connectivity index (χ4v) is 4.03. The van der Waals surface area contributed by atoms with Crippen LogP contribution in [0.15, 0.2) is 64.7 Å². The van der Waals surface area contributed by atoms with Gasteiger partial charge in [0, 0.05) is 6.54 Å². The van der Waals surface area contributed by atoms with Gasteiger partial charge in [-0.25, -0.2) is 9.37 Å². The van der Waals surface area contributed by atoms with Gasteiger partial charge in [0.25, 0.3) is 5.56 Å². The third-order valence-corrected chi connectivity index (χ3v) is 5.92. The van der Waals surface area contributed by atoms with E-state index in [1.54, 1.807) is 30.1 Å². The molecule has 1 amide bonds. The number of aromatic nitrogens is 4. The van der Waals surface area contributed by atoms with Crippen LogP contribution in [0.1, 0.15) is 12.5 Å². The first-order chi connectivity index (χ1) is 16.0. The fraction of sp³-hybridized carbons (Fsp3) is 0.217. The standard InChI is InChI=1S/C23H22FN5O3S/c1-3-28-13-19-21(27-28)22(31)29(12-15-8-10-16(32-2)11-9-15)23(26-19)33-14-20(30)25-18-7-5-4-6-17(18)24/h4-11,13H,3,12,14H2,1-2H3,(H,25,30). The van der Waals surface area contributed by atoms with E-state index in [9.17, 15) is 14.0 Å². The van der Waals surface area contributed by atoms with Crippen LogP contribution in [0.25, 0.3) is 11.0 Å². The van der Waals surface area contributed by atoms with Crippen molar-refractivity contribution in [2.75, 3.05) is 18.2 Å². The second kappa shape index (κ2) is 9.86. The Kier molecular flexibility index (Phi) is 6.74. The molecule has 0 aliphatic heterocycles. The summed E-state index contributed by atoms with van der Waals surface area (Å²) in [5.74, 6) is -0.254. The molecule has 0 radical (unpaired) electrons. The molecular weight excluding hydrogens is 445 g/mol. The number of nitrogens with one attached hydrogen (secondary N) is 1. The summed E-state index contributed by atoms with van der Waals surface area (Å²) >= 11 is 1.11. The lowest BCUT2D eigenvalue weighted by Crippen LogP contribution is -2.25. The number of anilines is 1. The lowest BCUT2D eigenvalue weighted by atomic mass is 10.2. The SMILES string of the molecule is CCn1cc2nc(SCC(=O)Nc3ccccc3F)n(Cc3ccc(OC)cc3)c(=O)c2n1. The van der Waals surface area contributed by atoms with Gasteiger partial charge in [-0.1, -0.05) is 36.0 Å². The molecule has 8 nitrogen and oxygen atoms in total. The Morgan fingerprint density at radius 1 is 1.18 bits per heavy atom. The highest BCUT2D eigenvalue weighted by atomic mass is 32.2. The molecule has 2 aromatic heterocycles. The number of rotatable bonds is 8. The number of ether oxygens (including phenoxy) is 1. The molecule has 0 saturated heterocycles. The minimum Gasteiger partial charge on any atom is -0.497 e. The van der Waals surface area contributed by atoms with Gasteiger partial charge < -0.3 is 10.1 Å². The quantitative estimate of drug-likeness (QED) is 0.315. The maximum Gasteiger partial charge on any atom is 0.282 e. The Morgan fingerprint density at radius 3 is 2.64 bits per heavy atom. The van der Waals surface area contributed by atoms with E-state index in [-0.39, 0.29) is 29.1 Å². The zero-order valence-corrected chi connectivity index (χ0v) is 18.9. The molecule has 0 unspecified atom stereocenters. The summed E-state index contributed by atoms with van der Waals surface area (Å²) in [4.78, 5) is 30.3. The van der Waals surface area contributed by atoms with Crippen LogP contribution in [-0.4, -0.2) is 38.1 Å². The molecule has 0 atom stereocenters. The molecule has 0 aliphatic rings. The zero-order valence-electron chi connectivity index (χ0n) is 18.1. The molecule has 0 bridgehead atoms. The van der Waals surface area contributed by atoms with Crippen molar-refractivity contribution >= 4 is 34.4 Å². The molecule has 1 N–H and O–H groups in total. The summed E-state index contributed by atoms with van der Waals surface area (Å²) in [6.07, 6.45) is 1.71. The first kappa shape index (κ1) is 22.5. The smallest absolute Gasteiger partial charge is 0.282 e. The number of thioether (sulfide) groups is 1. The molecule has 2 heterocycles. The van der Waals surface area contributed by atoms with Crippen molar-refractivity contribution in [1.82, 2.24) is 19.3 Å². The lowest BCUT2D eigenvalue weighted by Gasteiger charge is -2.12. The van der Waals surface area contributed by atoms with E-state index in [2.05, 4.69) is 15.4 Å². The van der Waals surface area contributed by atoms with Crippen LogP contribution in [0.2, 0.25) is 0 Å². The molecule has 2 aromatic carbocycles. The van der Waals surface area contributed by atoms with Crippen molar-refractivity contribution in [3.8, 4) is 5.75 Å². The molecular formula is C23H22FN5O3S. The number of amides is 1. The molecule has 4 aromatic rings. The Hall–Kier alpha value is -3.66. The lowest BCUT2D eigenvalue weighted by molar-refractivity contribution is -0.113. The van der Waals surface area contributed by atoms with Crippen LogP contribution < -0.4 is 15.6 Å². The molecule has 170 valence electrons. The van der Waals surface area contributed by atoms with Crippen LogP contribution in [-0.2, 0) is 17.9 Å². The molecule has 0 aliphatic carbocycles. The van der Waals surface area contributed by atoms with Crippen molar-refractivity contribution < 1.29 is 13.9 Å². The largest absolute Gasteiger partial charge is 0.497 e. The maximum atomic E-state index is 13.8. The van der Waals surface area contributed by atoms with Crippen LogP contribution >= 0.6 is 11.8 Å². The third-order valence-electron chi connectivity index (χ3n) is 4.94. The van der Waals surface area contributed by atoms with Crippen molar-refractivity contribution in [3.63, 3.8) is 0 Å². The molecule has 10 heteroatoms. The summed E-state index contributed by atoms with van der Waals surface area (Å²) in [6, 6.07) is 13.3. The number of methoxy groups -OCH3 is 1. The average molecular weight is 468 g/mol. The van der Waals surface area contributed by atoms with Crippen molar-refractivity contribution in [3.05, 3.63) is 76.5 Å². The van der Waals surface area contributed by atoms with E-state index in [4.69, 9.17) is 4.74 Å².